The molecule has 0 unspecified atom stereocenters. The number of hydrogen-bond acceptors (Lipinski definition) is 5. The summed E-state index contributed by atoms with van der Waals surface area (Å²) < 4.78 is 13.2. The Bertz CT molecular complexity index is 671. The van der Waals surface area contributed by atoms with E-state index in [1.54, 1.807) is 7.11 Å². The molecule has 0 saturated carbocycles. The van der Waals surface area contributed by atoms with Gasteiger partial charge in [-0.25, -0.2) is 0 Å². The number of methoxy groups -OCH3 is 1. The van der Waals surface area contributed by atoms with E-state index < -0.39 is 0 Å². The Hall–Kier alpha value is -1.92. The molecule has 130 valence electrons. The molecule has 6 nitrogen and oxygen atoms in total. The molecule has 1 aromatic carbocycles. The predicted molar refractivity (Wildman–Crippen MR) is 91.9 cm³/mol. The van der Waals surface area contributed by atoms with Gasteiger partial charge in [-0.2, -0.15) is 0 Å². The van der Waals surface area contributed by atoms with E-state index in [4.69, 9.17) is 9.47 Å². The number of aromatic nitrogens is 3. The van der Waals surface area contributed by atoms with Crippen LogP contribution in [-0.4, -0.2) is 46.0 Å². The topological polar surface area (TPSA) is 52.4 Å². The summed E-state index contributed by atoms with van der Waals surface area (Å²) in [6, 6.07) is 8.63. The van der Waals surface area contributed by atoms with Crippen molar-refractivity contribution in [3.8, 4) is 5.75 Å². The molecule has 24 heavy (non-hydrogen) atoms. The summed E-state index contributed by atoms with van der Waals surface area (Å²) in [6.45, 7) is 8.21. The summed E-state index contributed by atoms with van der Waals surface area (Å²) in [5, 5.41) is 8.67. The lowest BCUT2D eigenvalue weighted by Gasteiger charge is -2.27. The third-order valence-electron chi connectivity index (χ3n) is 4.62. The van der Waals surface area contributed by atoms with Gasteiger partial charge in [0.15, 0.2) is 5.82 Å². The normalized spacial score (nSPS) is 18.2. The van der Waals surface area contributed by atoms with Crippen LogP contribution in [0.2, 0.25) is 0 Å². The summed E-state index contributed by atoms with van der Waals surface area (Å²) >= 11 is 0. The van der Waals surface area contributed by atoms with E-state index in [1.165, 1.54) is 5.56 Å². The maximum Gasteiger partial charge on any atom is 0.159 e. The Balaban J connectivity index is 1.73. The first-order valence-electron chi connectivity index (χ1n) is 8.57. The van der Waals surface area contributed by atoms with Crippen molar-refractivity contribution in [3.63, 3.8) is 0 Å². The number of ether oxygens (including phenoxy) is 2. The molecule has 6 heteroatoms. The Labute approximate surface area is 143 Å². The van der Waals surface area contributed by atoms with Crippen LogP contribution in [0.25, 0.3) is 0 Å². The van der Waals surface area contributed by atoms with Crippen LogP contribution >= 0.6 is 0 Å². The maximum atomic E-state index is 5.51. The van der Waals surface area contributed by atoms with E-state index in [0.717, 1.165) is 43.5 Å². The molecule has 2 aromatic rings. The van der Waals surface area contributed by atoms with E-state index in [1.807, 2.05) is 19.1 Å². The largest absolute Gasteiger partial charge is 0.496 e. The Morgan fingerprint density at radius 3 is 2.83 bits per heavy atom. The molecular formula is C18H26N4O2. The van der Waals surface area contributed by atoms with E-state index >= 15 is 0 Å². The van der Waals surface area contributed by atoms with E-state index in [2.05, 4.69) is 38.7 Å². The monoisotopic (exact) mass is 330 g/mol. The zero-order valence-corrected chi connectivity index (χ0v) is 14.7. The van der Waals surface area contributed by atoms with E-state index in [9.17, 15) is 0 Å². The van der Waals surface area contributed by atoms with Crippen LogP contribution in [0.1, 0.15) is 31.1 Å². The maximum absolute atomic E-state index is 5.51. The van der Waals surface area contributed by atoms with Gasteiger partial charge in [-0.15, -0.1) is 10.2 Å². The second kappa shape index (κ2) is 7.77. The molecule has 0 aliphatic carbocycles. The molecule has 0 fully saturated rings. The SMILES string of the molecule is CCOCc1nnc2n1CCN(Cc1ccccc1OC)[C@H](C)C2. The zero-order chi connectivity index (χ0) is 16.9. The molecular weight excluding hydrogens is 304 g/mol. The van der Waals surface area contributed by atoms with Crippen LogP contribution in [0.5, 0.6) is 5.75 Å². The van der Waals surface area contributed by atoms with Crippen LogP contribution in [0.4, 0.5) is 0 Å². The number of rotatable bonds is 6. The molecule has 1 aliphatic heterocycles. The molecule has 0 saturated heterocycles. The lowest BCUT2D eigenvalue weighted by molar-refractivity contribution is 0.124. The van der Waals surface area contributed by atoms with Crippen molar-refractivity contribution in [1.29, 1.82) is 0 Å². The molecule has 3 rings (SSSR count). The fourth-order valence-corrected chi connectivity index (χ4v) is 3.21. The molecule has 1 atom stereocenters. The lowest BCUT2D eigenvalue weighted by atomic mass is 10.1. The van der Waals surface area contributed by atoms with Crippen LogP contribution < -0.4 is 4.74 Å². The summed E-state index contributed by atoms with van der Waals surface area (Å²) in [4.78, 5) is 2.48. The van der Waals surface area contributed by atoms with E-state index in [0.29, 0.717) is 19.3 Å². The first kappa shape index (κ1) is 16.9. The predicted octanol–water partition coefficient (Wildman–Crippen LogP) is 2.27. The van der Waals surface area contributed by atoms with Crippen molar-refractivity contribution in [2.75, 3.05) is 20.3 Å². The molecule has 0 radical (unpaired) electrons. The van der Waals surface area contributed by atoms with Crippen molar-refractivity contribution in [2.24, 2.45) is 0 Å². The van der Waals surface area contributed by atoms with Crippen LogP contribution in [0.3, 0.4) is 0 Å². The summed E-state index contributed by atoms with van der Waals surface area (Å²) in [6.07, 6.45) is 0.897. The molecule has 0 amide bonds. The fourth-order valence-electron chi connectivity index (χ4n) is 3.21. The second-order valence-corrected chi connectivity index (χ2v) is 6.16. The van der Waals surface area contributed by atoms with Gasteiger partial charge >= 0.3 is 0 Å². The van der Waals surface area contributed by atoms with Gasteiger partial charge in [-0.1, -0.05) is 18.2 Å². The van der Waals surface area contributed by atoms with Gasteiger partial charge < -0.3 is 14.0 Å². The number of para-hydroxylation sites is 1. The van der Waals surface area contributed by atoms with Crippen LogP contribution in [-0.2, 0) is 30.9 Å². The summed E-state index contributed by atoms with van der Waals surface area (Å²) in [5.41, 5.74) is 1.22. The van der Waals surface area contributed by atoms with Gasteiger partial charge in [0.05, 0.1) is 7.11 Å². The third kappa shape index (κ3) is 3.60. The van der Waals surface area contributed by atoms with Crippen molar-refractivity contribution < 1.29 is 9.47 Å². The minimum Gasteiger partial charge on any atom is -0.496 e. The van der Waals surface area contributed by atoms with Crippen molar-refractivity contribution in [2.45, 2.75) is 46.0 Å². The summed E-state index contributed by atoms with van der Waals surface area (Å²) in [5.74, 6) is 2.93. The Morgan fingerprint density at radius 1 is 1.21 bits per heavy atom. The quantitative estimate of drug-likeness (QED) is 0.813. The van der Waals surface area contributed by atoms with Crippen molar-refractivity contribution in [1.82, 2.24) is 19.7 Å². The molecule has 0 N–H and O–H groups in total. The van der Waals surface area contributed by atoms with Gasteiger partial charge in [0.25, 0.3) is 0 Å². The van der Waals surface area contributed by atoms with Gasteiger partial charge in [-0.3, -0.25) is 4.90 Å². The summed E-state index contributed by atoms with van der Waals surface area (Å²) in [7, 11) is 1.73. The first-order chi connectivity index (χ1) is 11.7. The average molecular weight is 330 g/mol. The molecule has 2 heterocycles. The van der Waals surface area contributed by atoms with Gasteiger partial charge in [0.2, 0.25) is 0 Å². The lowest BCUT2D eigenvalue weighted by Crippen LogP contribution is -2.34. The number of fused-ring (bicyclic) bond motifs is 1. The highest BCUT2D eigenvalue weighted by atomic mass is 16.5. The first-order valence-corrected chi connectivity index (χ1v) is 8.57. The highest BCUT2D eigenvalue weighted by molar-refractivity contribution is 5.33. The van der Waals surface area contributed by atoms with E-state index in [-0.39, 0.29) is 0 Å². The molecule has 1 aliphatic rings. The average Bonchev–Trinajstić information content (AvgIpc) is 2.90. The minimum absolute atomic E-state index is 0.403. The van der Waals surface area contributed by atoms with Crippen molar-refractivity contribution in [3.05, 3.63) is 41.5 Å². The number of nitrogens with zero attached hydrogens (tertiary/aromatic N) is 4. The third-order valence-corrected chi connectivity index (χ3v) is 4.62. The van der Waals surface area contributed by atoms with Crippen LogP contribution in [0.15, 0.2) is 24.3 Å². The Morgan fingerprint density at radius 2 is 2.04 bits per heavy atom. The molecule has 0 spiro atoms. The van der Waals surface area contributed by atoms with Gasteiger partial charge in [-0.05, 0) is 19.9 Å². The minimum atomic E-state index is 0.403. The number of benzene rings is 1. The van der Waals surface area contributed by atoms with Gasteiger partial charge in [0, 0.05) is 44.3 Å². The highest BCUT2D eigenvalue weighted by Gasteiger charge is 2.24. The zero-order valence-electron chi connectivity index (χ0n) is 14.7. The van der Waals surface area contributed by atoms with Crippen molar-refractivity contribution >= 4 is 0 Å². The van der Waals surface area contributed by atoms with Crippen LogP contribution in [0, 0.1) is 0 Å². The standard InChI is InChI=1S/C18H26N4O2/c1-4-24-13-18-20-19-17-11-14(2)21(9-10-22(17)18)12-15-7-5-6-8-16(15)23-3/h5-8,14H,4,9-13H2,1-3H3/t14-/m1/s1. The number of hydrogen-bond donors (Lipinski definition) is 0. The second-order valence-electron chi connectivity index (χ2n) is 6.16. The fraction of sp³-hybridized carbons (Fsp3) is 0.556. The smallest absolute Gasteiger partial charge is 0.159 e. The Kier molecular flexibility index (Phi) is 5.48. The highest BCUT2D eigenvalue weighted by Crippen LogP contribution is 2.23. The molecule has 1 aromatic heterocycles. The molecule has 0 bridgehead atoms. The van der Waals surface area contributed by atoms with Gasteiger partial charge in [0.1, 0.15) is 18.2 Å².